The minimum Gasteiger partial charge on any atom is -0.496 e. The first-order valence-electron chi connectivity index (χ1n) is 8.07. The highest BCUT2D eigenvalue weighted by Crippen LogP contribution is 2.21. The summed E-state index contributed by atoms with van der Waals surface area (Å²) in [5.41, 5.74) is 1.56. The van der Waals surface area contributed by atoms with Crippen LogP contribution in [-0.2, 0) is 6.54 Å². The van der Waals surface area contributed by atoms with Gasteiger partial charge in [0, 0.05) is 12.1 Å². The van der Waals surface area contributed by atoms with E-state index in [1.54, 1.807) is 25.3 Å². The standard InChI is InChI=1S/C19H21IN2O3S/c1-12(2)25-15-7-4-13(5-8-15)11-21-19(26)22-18(23)14-6-9-17(24-3)16(20)10-14/h4-10,12H,11H2,1-3H3,(H2,21,22,23,26). The lowest BCUT2D eigenvalue weighted by Gasteiger charge is -2.12. The van der Waals surface area contributed by atoms with E-state index in [9.17, 15) is 4.79 Å². The van der Waals surface area contributed by atoms with Gasteiger partial charge >= 0.3 is 0 Å². The Morgan fingerprint density at radius 1 is 1.19 bits per heavy atom. The van der Waals surface area contributed by atoms with Crippen LogP contribution in [0.5, 0.6) is 11.5 Å². The molecule has 5 nitrogen and oxygen atoms in total. The molecular formula is C19H21IN2O3S. The maximum Gasteiger partial charge on any atom is 0.257 e. The van der Waals surface area contributed by atoms with E-state index in [1.165, 1.54) is 0 Å². The van der Waals surface area contributed by atoms with E-state index in [0.29, 0.717) is 12.1 Å². The molecule has 0 saturated carbocycles. The summed E-state index contributed by atoms with van der Waals surface area (Å²) in [6.07, 6.45) is 0.141. The van der Waals surface area contributed by atoms with Crippen molar-refractivity contribution in [3.8, 4) is 11.5 Å². The van der Waals surface area contributed by atoms with Crippen LogP contribution in [0.15, 0.2) is 42.5 Å². The van der Waals surface area contributed by atoms with Crippen molar-refractivity contribution in [1.29, 1.82) is 0 Å². The van der Waals surface area contributed by atoms with Crippen LogP contribution >= 0.6 is 34.8 Å². The summed E-state index contributed by atoms with van der Waals surface area (Å²) < 4.78 is 11.7. The molecule has 0 heterocycles. The number of hydrogen-bond donors (Lipinski definition) is 2. The minimum absolute atomic E-state index is 0.141. The van der Waals surface area contributed by atoms with Crippen LogP contribution in [0.25, 0.3) is 0 Å². The molecule has 0 fully saturated rings. The topological polar surface area (TPSA) is 59.6 Å². The van der Waals surface area contributed by atoms with Crippen molar-refractivity contribution < 1.29 is 14.3 Å². The predicted molar refractivity (Wildman–Crippen MR) is 115 cm³/mol. The number of carbonyl (C=O) groups is 1. The number of thiocarbonyl (C=S) groups is 1. The van der Waals surface area contributed by atoms with Gasteiger partial charge in [-0.3, -0.25) is 10.1 Å². The summed E-state index contributed by atoms with van der Waals surface area (Å²) in [7, 11) is 1.60. The lowest BCUT2D eigenvalue weighted by molar-refractivity contribution is 0.0976. The van der Waals surface area contributed by atoms with Gasteiger partial charge in [0.25, 0.3) is 5.91 Å². The summed E-state index contributed by atoms with van der Waals surface area (Å²) in [5.74, 6) is 1.30. The summed E-state index contributed by atoms with van der Waals surface area (Å²) in [6.45, 7) is 4.49. The maximum atomic E-state index is 12.3. The summed E-state index contributed by atoms with van der Waals surface area (Å²) in [6, 6.07) is 13.0. The molecule has 0 saturated heterocycles. The number of ether oxygens (including phenoxy) is 2. The van der Waals surface area contributed by atoms with E-state index < -0.39 is 0 Å². The molecule has 26 heavy (non-hydrogen) atoms. The van der Waals surface area contributed by atoms with Crippen LogP contribution < -0.4 is 20.1 Å². The first kappa shape index (κ1) is 20.4. The first-order chi connectivity index (χ1) is 12.4. The van der Waals surface area contributed by atoms with Crippen LogP contribution in [0.2, 0.25) is 0 Å². The van der Waals surface area contributed by atoms with Crippen LogP contribution in [0, 0.1) is 3.57 Å². The number of benzene rings is 2. The molecule has 2 N–H and O–H groups in total. The molecule has 0 radical (unpaired) electrons. The zero-order chi connectivity index (χ0) is 19.1. The summed E-state index contributed by atoms with van der Waals surface area (Å²) >= 11 is 7.32. The van der Waals surface area contributed by atoms with Crippen molar-refractivity contribution in [3.05, 3.63) is 57.2 Å². The molecule has 2 aromatic rings. The molecule has 0 bridgehead atoms. The molecule has 1 amide bonds. The molecule has 0 aliphatic rings. The zero-order valence-corrected chi connectivity index (χ0v) is 17.8. The van der Waals surface area contributed by atoms with Gasteiger partial charge in [-0.2, -0.15) is 0 Å². The quantitative estimate of drug-likeness (QED) is 0.482. The maximum absolute atomic E-state index is 12.3. The Hall–Kier alpha value is -1.87. The smallest absolute Gasteiger partial charge is 0.257 e. The number of rotatable bonds is 6. The number of methoxy groups -OCH3 is 1. The van der Waals surface area contributed by atoms with Gasteiger partial charge in [-0.05, 0) is 84.6 Å². The van der Waals surface area contributed by atoms with Gasteiger partial charge < -0.3 is 14.8 Å². The number of carbonyl (C=O) groups excluding carboxylic acids is 1. The Morgan fingerprint density at radius 3 is 2.46 bits per heavy atom. The Bertz CT molecular complexity index is 779. The van der Waals surface area contributed by atoms with Crippen LogP contribution in [0.1, 0.15) is 29.8 Å². The van der Waals surface area contributed by atoms with E-state index in [-0.39, 0.29) is 17.1 Å². The molecule has 0 atom stereocenters. The average molecular weight is 484 g/mol. The van der Waals surface area contributed by atoms with E-state index >= 15 is 0 Å². The molecule has 0 spiro atoms. The van der Waals surface area contributed by atoms with Crippen molar-refractivity contribution in [2.24, 2.45) is 0 Å². The van der Waals surface area contributed by atoms with Crippen molar-refractivity contribution in [3.63, 3.8) is 0 Å². The highest BCUT2D eigenvalue weighted by molar-refractivity contribution is 14.1. The fraction of sp³-hybridized carbons (Fsp3) is 0.263. The lowest BCUT2D eigenvalue weighted by Crippen LogP contribution is -2.38. The fourth-order valence-corrected chi connectivity index (χ4v) is 3.07. The normalized spacial score (nSPS) is 10.3. The zero-order valence-electron chi connectivity index (χ0n) is 14.8. The van der Waals surface area contributed by atoms with Gasteiger partial charge in [0.1, 0.15) is 11.5 Å². The summed E-state index contributed by atoms with van der Waals surface area (Å²) in [5, 5.41) is 5.99. The second-order valence-electron chi connectivity index (χ2n) is 5.80. The van der Waals surface area contributed by atoms with E-state index in [4.69, 9.17) is 21.7 Å². The van der Waals surface area contributed by atoms with Crippen LogP contribution in [0.4, 0.5) is 0 Å². The molecule has 2 aromatic carbocycles. The second-order valence-corrected chi connectivity index (χ2v) is 7.37. The Labute approximate surface area is 172 Å². The minimum atomic E-state index is -0.260. The van der Waals surface area contributed by atoms with Gasteiger partial charge in [0.05, 0.1) is 16.8 Å². The van der Waals surface area contributed by atoms with Crippen LogP contribution in [-0.4, -0.2) is 24.2 Å². The number of halogens is 1. The number of nitrogens with one attached hydrogen (secondary N) is 2. The molecule has 0 aliphatic heterocycles. The second kappa shape index (κ2) is 9.72. The van der Waals surface area contributed by atoms with Crippen molar-refractivity contribution in [2.75, 3.05) is 7.11 Å². The highest BCUT2D eigenvalue weighted by Gasteiger charge is 2.10. The fourth-order valence-electron chi connectivity index (χ4n) is 2.17. The molecule has 7 heteroatoms. The third-order valence-corrected chi connectivity index (χ3v) is 4.48. The van der Waals surface area contributed by atoms with Gasteiger partial charge in [-0.25, -0.2) is 0 Å². The summed E-state index contributed by atoms with van der Waals surface area (Å²) in [4.78, 5) is 12.3. The van der Waals surface area contributed by atoms with E-state index in [2.05, 4.69) is 33.2 Å². The largest absolute Gasteiger partial charge is 0.496 e. The number of hydrogen-bond acceptors (Lipinski definition) is 4. The predicted octanol–water partition coefficient (Wildman–Crippen LogP) is 3.89. The SMILES string of the molecule is COc1ccc(C(=O)NC(=S)NCc2ccc(OC(C)C)cc2)cc1I. The Morgan fingerprint density at radius 2 is 1.88 bits per heavy atom. The number of amides is 1. The third kappa shape index (κ3) is 6.14. The Balaban J connectivity index is 1.86. The van der Waals surface area contributed by atoms with Crippen molar-refractivity contribution >= 4 is 45.8 Å². The lowest BCUT2D eigenvalue weighted by atomic mass is 10.2. The first-order valence-corrected chi connectivity index (χ1v) is 9.56. The average Bonchev–Trinajstić information content (AvgIpc) is 2.60. The van der Waals surface area contributed by atoms with E-state index in [0.717, 1.165) is 20.6 Å². The Kier molecular flexibility index (Phi) is 7.65. The molecule has 138 valence electrons. The van der Waals surface area contributed by atoms with Gasteiger partial charge in [0.2, 0.25) is 0 Å². The highest BCUT2D eigenvalue weighted by atomic mass is 127. The monoisotopic (exact) mass is 484 g/mol. The van der Waals surface area contributed by atoms with Crippen molar-refractivity contribution in [2.45, 2.75) is 26.5 Å². The molecular weight excluding hydrogens is 463 g/mol. The molecule has 0 aromatic heterocycles. The van der Waals surface area contributed by atoms with Crippen molar-refractivity contribution in [1.82, 2.24) is 10.6 Å². The van der Waals surface area contributed by atoms with Crippen LogP contribution in [0.3, 0.4) is 0 Å². The molecule has 2 rings (SSSR count). The van der Waals surface area contributed by atoms with Gasteiger partial charge in [-0.15, -0.1) is 0 Å². The third-order valence-electron chi connectivity index (χ3n) is 3.39. The molecule has 0 unspecified atom stereocenters. The van der Waals surface area contributed by atoms with Gasteiger partial charge in [0.15, 0.2) is 5.11 Å². The molecule has 0 aliphatic carbocycles. The van der Waals surface area contributed by atoms with Gasteiger partial charge in [-0.1, -0.05) is 12.1 Å². The van der Waals surface area contributed by atoms with E-state index in [1.807, 2.05) is 38.1 Å².